The second-order valence-corrected chi connectivity index (χ2v) is 28.7. The van der Waals surface area contributed by atoms with Crippen LogP contribution in [0.4, 0.5) is 0 Å². The molecule has 0 aromatic rings. The fourth-order valence-corrected chi connectivity index (χ4v) is 12.1. The van der Waals surface area contributed by atoms with Gasteiger partial charge in [-0.3, -0.25) is 37.3 Å². The molecule has 19 heteroatoms. The molecule has 0 bridgehead atoms. The first-order valence-corrected chi connectivity index (χ1v) is 39.6. The number of hydrogen-bond acceptors (Lipinski definition) is 15. The van der Waals surface area contributed by atoms with E-state index < -0.39 is 97.5 Å². The lowest BCUT2D eigenvalue weighted by atomic mass is 9.99. The van der Waals surface area contributed by atoms with E-state index in [0.29, 0.717) is 25.7 Å². The van der Waals surface area contributed by atoms with Gasteiger partial charge in [0.2, 0.25) is 0 Å². The number of ether oxygens (including phenoxy) is 4. The highest BCUT2D eigenvalue weighted by molar-refractivity contribution is 7.47. The molecule has 0 saturated carbocycles. The van der Waals surface area contributed by atoms with Crippen molar-refractivity contribution in [1.29, 1.82) is 0 Å². The summed E-state index contributed by atoms with van der Waals surface area (Å²) in [4.78, 5) is 72.3. The van der Waals surface area contributed by atoms with Crippen molar-refractivity contribution in [2.24, 2.45) is 11.8 Å². The standard InChI is InChI=1S/C70H136O17P2/c1-7-11-13-15-17-18-30-34-42-48-54-69(74)86-65(58-80-67(72)52-46-40-32-16-14-12-8-2)60-84-88(76,77)82-56-64(71)57-83-89(78,79)85-61-66(59-81-68(73)53-47-41-37-36-39-45-51-63(6)10-4)87-70(75)55-49-43-35-31-28-26-24-22-20-19-21-23-25-27-29-33-38-44-50-62(5)9-3/h62-66,71H,7-61H2,1-6H3,(H,76,77)(H,78,79)/t62?,63?,64-,65+,66+/m0/s1. The van der Waals surface area contributed by atoms with Gasteiger partial charge < -0.3 is 33.8 Å². The van der Waals surface area contributed by atoms with Crippen LogP contribution in [0.25, 0.3) is 0 Å². The van der Waals surface area contributed by atoms with E-state index in [-0.39, 0.29) is 25.7 Å². The highest BCUT2D eigenvalue weighted by atomic mass is 31.2. The summed E-state index contributed by atoms with van der Waals surface area (Å²) in [6.07, 6.45) is 47.4. The normalized spacial score (nSPS) is 14.8. The van der Waals surface area contributed by atoms with E-state index in [2.05, 4.69) is 41.5 Å². The molecule has 0 heterocycles. The molecule has 0 amide bonds. The Morgan fingerprint density at radius 1 is 0.315 bits per heavy atom. The minimum atomic E-state index is -4.95. The first-order chi connectivity index (χ1) is 42.9. The number of unbranched alkanes of at least 4 members (excludes halogenated alkanes) is 37. The molecule has 0 radical (unpaired) electrons. The van der Waals surface area contributed by atoms with Gasteiger partial charge >= 0.3 is 39.5 Å². The average Bonchev–Trinajstić information content (AvgIpc) is 3.72. The molecule has 0 aromatic heterocycles. The number of carbonyl (C=O) groups is 4. The number of aliphatic hydroxyl groups is 1. The number of carbonyl (C=O) groups excluding carboxylic acids is 4. The van der Waals surface area contributed by atoms with Gasteiger partial charge in [-0.25, -0.2) is 9.13 Å². The second-order valence-electron chi connectivity index (χ2n) is 25.8. The third-order valence-corrected chi connectivity index (χ3v) is 18.8. The Bertz CT molecular complexity index is 1740. The third-order valence-electron chi connectivity index (χ3n) is 16.9. The van der Waals surface area contributed by atoms with Crippen molar-refractivity contribution in [3.05, 3.63) is 0 Å². The van der Waals surface area contributed by atoms with Crippen molar-refractivity contribution in [3.8, 4) is 0 Å². The van der Waals surface area contributed by atoms with Crippen LogP contribution in [0.5, 0.6) is 0 Å². The molecule has 89 heavy (non-hydrogen) atoms. The Kier molecular flexibility index (Phi) is 60.8. The van der Waals surface area contributed by atoms with Gasteiger partial charge in [0.25, 0.3) is 0 Å². The van der Waals surface area contributed by atoms with Gasteiger partial charge in [0.1, 0.15) is 19.3 Å². The van der Waals surface area contributed by atoms with Crippen molar-refractivity contribution in [1.82, 2.24) is 0 Å². The van der Waals surface area contributed by atoms with E-state index in [4.69, 9.17) is 37.0 Å². The molecule has 0 aliphatic heterocycles. The van der Waals surface area contributed by atoms with Gasteiger partial charge in [-0.1, -0.05) is 305 Å². The van der Waals surface area contributed by atoms with Crippen LogP contribution in [0.1, 0.15) is 356 Å². The number of hydrogen-bond donors (Lipinski definition) is 3. The highest BCUT2D eigenvalue weighted by Crippen LogP contribution is 2.45. The van der Waals surface area contributed by atoms with Crippen molar-refractivity contribution in [3.63, 3.8) is 0 Å². The molecule has 0 fully saturated rings. The molecule has 0 aliphatic rings. The Morgan fingerprint density at radius 2 is 0.539 bits per heavy atom. The minimum Gasteiger partial charge on any atom is -0.462 e. The molecule has 7 atom stereocenters. The Balaban J connectivity index is 5.10. The molecule has 0 aliphatic carbocycles. The van der Waals surface area contributed by atoms with Crippen molar-refractivity contribution < 1.29 is 80.2 Å². The van der Waals surface area contributed by atoms with Crippen LogP contribution in [-0.4, -0.2) is 96.7 Å². The lowest BCUT2D eigenvalue weighted by molar-refractivity contribution is -0.161. The topological polar surface area (TPSA) is 237 Å². The van der Waals surface area contributed by atoms with Crippen molar-refractivity contribution in [2.45, 2.75) is 374 Å². The predicted octanol–water partition coefficient (Wildman–Crippen LogP) is 20.0. The van der Waals surface area contributed by atoms with E-state index in [0.717, 1.165) is 121 Å². The number of phosphoric acid groups is 2. The average molecular weight is 1310 g/mol. The molecule has 0 saturated heterocycles. The first-order valence-electron chi connectivity index (χ1n) is 36.6. The van der Waals surface area contributed by atoms with Crippen molar-refractivity contribution in [2.75, 3.05) is 39.6 Å². The predicted molar refractivity (Wildman–Crippen MR) is 358 cm³/mol. The molecule has 0 aromatic carbocycles. The quantitative estimate of drug-likeness (QED) is 0.0222. The van der Waals surface area contributed by atoms with Crippen LogP contribution in [0, 0.1) is 11.8 Å². The molecule has 4 unspecified atom stereocenters. The summed E-state index contributed by atoms with van der Waals surface area (Å²) in [5, 5.41) is 10.6. The molecule has 3 N–H and O–H groups in total. The fraction of sp³-hybridized carbons (Fsp3) is 0.943. The third kappa shape index (κ3) is 62.0. The maximum absolute atomic E-state index is 13.0. The maximum atomic E-state index is 13.0. The van der Waals surface area contributed by atoms with E-state index in [1.807, 2.05) is 0 Å². The van der Waals surface area contributed by atoms with Crippen LogP contribution in [0.15, 0.2) is 0 Å². The Labute approximate surface area is 543 Å². The largest absolute Gasteiger partial charge is 0.472 e. The fourth-order valence-electron chi connectivity index (χ4n) is 10.5. The van der Waals surface area contributed by atoms with Crippen LogP contribution in [0.2, 0.25) is 0 Å². The number of esters is 4. The molecular formula is C70H136O17P2. The van der Waals surface area contributed by atoms with Gasteiger partial charge in [0, 0.05) is 25.7 Å². The molecule has 0 rings (SSSR count). The van der Waals surface area contributed by atoms with E-state index in [1.165, 1.54) is 154 Å². The van der Waals surface area contributed by atoms with Crippen LogP contribution in [0.3, 0.4) is 0 Å². The first kappa shape index (κ1) is 87.1. The summed E-state index contributed by atoms with van der Waals surface area (Å²) in [5.41, 5.74) is 0. The lowest BCUT2D eigenvalue weighted by Crippen LogP contribution is -2.30. The Hall–Kier alpha value is -1.94. The molecule has 528 valence electrons. The smallest absolute Gasteiger partial charge is 0.462 e. The zero-order valence-corrected chi connectivity index (χ0v) is 59.5. The summed E-state index contributed by atoms with van der Waals surface area (Å²) in [7, 11) is -9.89. The number of phosphoric ester groups is 2. The molecular weight excluding hydrogens is 1170 g/mol. The SMILES string of the molecule is CCCCCCCCCCCCC(=O)O[C@H](COC(=O)CCCCCCCCC)COP(=O)(O)OC[C@H](O)COP(=O)(O)OC[C@@H](COC(=O)CCCCCCCCC(C)CC)OC(=O)CCCCCCCCCCCCCCCCCCCCC(C)CC. The van der Waals surface area contributed by atoms with Crippen LogP contribution >= 0.6 is 15.6 Å². The second kappa shape index (κ2) is 62.2. The van der Waals surface area contributed by atoms with Crippen LogP contribution in [-0.2, 0) is 65.4 Å². The summed E-state index contributed by atoms with van der Waals surface area (Å²) in [6, 6.07) is 0. The molecule has 0 spiro atoms. The monoisotopic (exact) mass is 1310 g/mol. The summed E-state index contributed by atoms with van der Waals surface area (Å²) in [5.74, 6) is -0.530. The van der Waals surface area contributed by atoms with Gasteiger partial charge in [0.15, 0.2) is 12.2 Å². The van der Waals surface area contributed by atoms with E-state index in [1.54, 1.807) is 0 Å². The molecule has 17 nitrogen and oxygen atoms in total. The van der Waals surface area contributed by atoms with Crippen molar-refractivity contribution >= 4 is 39.5 Å². The van der Waals surface area contributed by atoms with Gasteiger partial charge in [0.05, 0.1) is 26.4 Å². The maximum Gasteiger partial charge on any atom is 0.472 e. The zero-order chi connectivity index (χ0) is 65.7. The summed E-state index contributed by atoms with van der Waals surface area (Å²) in [6.45, 7) is 9.52. The summed E-state index contributed by atoms with van der Waals surface area (Å²) < 4.78 is 68.1. The van der Waals surface area contributed by atoms with Crippen LogP contribution < -0.4 is 0 Å². The Morgan fingerprint density at radius 3 is 0.798 bits per heavy atom. The van der Waals surface area contributed by atoms with E-state index in [9.17, 15) is 43.2 Å². The van der Waals surface area contributed by atoms with E-state index >= 15 is 0 Å². The highest BCUT2D eigenvalue weighted by Gasteiger charge is 2.30. The number of aliphatic hydroxyl groups excluding tert-OH is 1. The summed E-state index contributed by atoms with van der Waals surface area (Å²) >= 11 is 0. The lowest BCUT2D eigenvalue weighted by Gasteiger charge is -2.21. The number of rotatable bonds is 69. The van der Waals surface area contributed by atoms with Gasteiger partial charge in [-0.15, -0.1) is 0 Å². The van der Waals surface area contributed by atoms with Gasteiger partial charge in [-0.05, 0) is 37.5 Å². The van der Waals surface area contributed by atoms with Gasteiger partial charge in [-0.2, -0.15) is 0 Å². The zero-order valence-electron chi connectivity index (χ0n) is 57.7. The minimum absolute atomic E-state index is 0.106.